The highest BCUT2D eigenvalue weighted by Gasteiger charge is 2.35. The van der Waals surface area contributed by atoms with E-state index in [0.29, 0.717) is 46.5 Å². The highest BCUT2D eigenvalue weighted by molar-refractivity contribution is 6.30. The molecule has 1 saturated heterocycles. The van der Waals surface area contributed by atoms with Crippen LogP contribution in [0.15, 0.2) is 36.4 Å². The first-order valence-electron chi connectivity index (χ1n) is 8.64. The van der Waals surface area contributed by atoms with E-state index in [1.165, 1.54) is 26.2 Å². The van der Waals surface area contributed by atoms with Gasteiger partial charge in [0.15, 0.2) is 11.5 Å². The molecule has 3 rings (SSSR count). The molecule has 1 heterocycles. The summed E-state index contributed by atoms with van der Waals surface area (Å²) in [4.78, 5) is 27.4. The topological polar surface area (TPSA) is 77.1 Å². The molecule has 7 nitrogen and oxygen atoms in total. The second-order valence-corrected chi connectivity index (χ2v) is 6.60. The Morgan fingerprint density at radius 1 is 1.11 bits per heavy atom. The Morgan fingerprint density at radius 2 is 1.79 bits per heavy atom. The molecule has 0 bridgehead atoms. The van der Waals surface area contributed by atoms with Crippen LogP contribution in [-0.2, 0) is 4.79 Å². The second-order valence-electron chi connectivity index (χ2n) is 6.16. The highest BCUT2D eigenvalue weighted by Crippen LogP contribution is 2.39. The first-order chi connectivity index (χ1) is 13.5. The van der Waals surface area contributed by atoms with Gasteiger partial charge in [0.1, 0.15) is 6.04 Å². The molecule has 1 N–H and O–H groups in total. The number of methoxy groups -OCH3 is 3. The average Bonchev–Trinajstić information content (AvgIpc) is 2.71. The molecule has 2 aromatic carbocycles. The van der Waals surface area contributed by atoms with Crippen molar-refractivity contribution in [3.63, 3.8) is 0 Å². The van der Waals surface area contributed by atoms with Crippen LogP contribution < -0.4 is 19.5 Å². The number of hydrogen-bond donors (Lipinski definition) is 1. The molecule has 0 saturated carbocycles. The lowest BCUT2D eigenvalue weighted by Gasteiger charge is -2.35. The summed E-state index contributed by atoms with van der Waals surface area (Å²) in [6, 6.07) is 9.30. The molecule has 1 atom stereocenters. The first kappa shape index (κ1) is 19.8. The third-order valence-electron chi connectivity index (χ3n) is 4.55. The molecule has 2 amide bonds. The molecule has 0 aliphatic carbocycles. The van der Waals surface area contributed by atoms with Crippen molar-refractivity contribution < 1.29 is 23.8 Å². The monoisotopic (exact) mass is 404 g/mol. The minimum atomic E-state index is -0.779. The quantitative estimate of drug-likeness (QED) is 0.829. The number of ether oxygens (including phenoxy) is 3. The maximum absolute atomic E-state index is 13.3. The zero-order chi connectivity index (χ0) is 20.3. The van der Waals surface area contributed by atoms with Crippen molar-refractivity contribution in [1.82, 2.24) is 10.2 Å². The maximum Gasteiger partial charge on any atom is 0.255 e. The SMILES string of the molecule is COc1cc(C(=O)N2CCNC(=O)C2c2cccc(Cl)c2)cc(OC)c1OC. The number of carbonyl (C=O) groups excluding carboxylic acids is 2. The van der Waals surface area contributed by atoms with E-state index in [9.17, 15) is 9.59 Å². The zero-order valence-corrected chi connectivity index (χ0v) is 16.6. The van der Waals surface area contributed by atoms with E-state index in [-0.39, 0.29) is 11.8 Å². The number of rotatable bonds is 5. The van der Waals surface area contributed by atoms with E-state index >= 15 is 0 Å². The van der Waals surface area contributed by atoms with Crippen molar-refractivity contribution in [1.29, 1.82) is 0 Å². The predicted molar refractivity (Wildman–Crippen MR) is 104 cm³/mol. The number of hydrogen-bond acceptors (Lipinski definition) is 5. The standard InChI is InChI=1S/C20H21ClN2O5/c1-26-15-10-13(11-16(27-2)18(15)28-3)20(25)23-8-7-22-19(24)17(23)12-5-4-6-14(21)9-12/h4-6,9-11,17H,7-8H2,1-3H3,(H,22,24). The summed E-state index contributed by atoms with van der Waals surface area (Å²) in [5.41, 5.74) is 0.974. The molecule has 1 aliphatic heterocycles. The predicted octanol–water partition coefficient (Wildman–Crippen LogP) is 2.68. The first-order valence-corrected chi connectivity index (χ1v) is 9.02. The molecular weight excluding hydrogens is 384 g/mol. The summed E-state index contributed by atoms with van der Waals surface area (Å²) in [5, 5.41) is 3.30. The number of benzene rings is 2. The fourth-order valence-electron chi connectivity index (χ4n) is 3.26. The molecule has 8 heteroatoms. The second kappa shape index (κ2) is 8.39. The van der Waals surface area contributed by atoms with Gasteiger partial charge >= 0.3 is 0 Å². The van der Waals surface area contributed by atoms with E-state index in [1.54, 1.807) is 36.4 Å². The molecule has 1 fully saturated rings. The summed E-state index contributed by atoms with van der Waals surface area (Å²) < 4.78 is 16.0. The smallest absolute Gasteiger partial charge is 0.255 e. The van der Waals surface area contributed by atoms with E-state index < -0.39 is 6.04 Å². The number of nitrogens with one attached hydrogen (secondary N) is 1. The molecular formula is C20H21ClN2O5. The van der Waals surface area contributed by atoms with Crippen molar-refractivity contribution in [2.45, 2.75) is 6.04 Å². The Hall–Kier alpha value is -2.93. The Bertz CT molecular complexity index is 877. The Kier molecular flexibility index (Phi) is 5.94. The van der Waals surface area contributed by atoms with Crippen molar-refractivity contribution >= 4 is 23.4 Å². The van der Waals surface area contributed by atoms with Crippen LogP contribution in [0.3, 0.4) is 0 Å². The Balaban J connectivity index is 2.03. The molecule has 28 heavy (non-hydrogen) atoms. The summed E-state index contributed by atoms with van der Waals surface area (Å²) in [6.45, 7) is 0.727. The van der Waals surface area contributed by atoms with Gasteiger partial charge in [-0.1, -0.05) is 23.7 Å². The number of amides is 2. The number of halogens is 1. The maximum atomic E-state index is 13.3. The van der Waals surface area contributed by atoms with Crippen molar-refractivity contribution in [2.75, 3.05) is 34.4 Å². The Labute approximate surface area is 168 Å². The van der Waals surface area contributed by atoms with Crippen LogP contribution in [0, 0.1) is 0 Å². The van der Waals surface area contributed by atoms with Crippen LogP contribution in [0.4, 0.5) is 0 Å². The van der Waals surface area contributed by atoms with Gasteiger partial charge in [-0.05, 0) is 29.8 Å². The number of carbonyl (C=O) groups is 2. The van der Waals surface area contributed by atoms with Gasteiger partial charge in [-0.15, -0.1) is 0 Å². The lowest BCUT2D eigenvalue weighted by molar-refractivity contribution is -0.128. The van der Waals surface area contributed by atoms with Crippen LogP contribution in [-0.4, -0.2) is 51.1 Å². The van der Waals surface area contributed by atoms with Crippen LogP contribution >= 0.6 is 11.6 Å². The average molecular weight is 405 g/mol. The summed E-state index contributed by atoms with van der Waals surface area (Å²) in [7, 11) is 4.45. The molecule has 0 aromatic heterocycles. The van der Waals surface area contributed by atoms with E-state index in [2.05, 4.69) is 5.32 Å². The normalized spacial score (nSPS) is 16.4. The summed E-state index contributed by atoms with van der Waals surface area (Å²) in [5.74, 6) is 0.551. The fourth-order valence-corrected chi connectivity index (χ4v) is 3.46. The van der Waals surface area contributed by atoms with Crippen LogP contribution in [0.1, 0.15) is 22.0 Å². The lowest BCUT2D eigenvalue weighted by atomic mass is 10.0. The molecule has 0 spiro atoms. The molecule has 0 radical (unpaired) electrons. The van der Waals surface area contributed by atoms with E-state index in [1.807, 2.05) is 0 Å². The Morgan fingerprint density at radius 3 is 2.36 bits per heavy atom. The van der Waals surface area contributed by atoms with Gasteiger partial charge in [0.05, 0.1) is 21.3 Å². The zero-order valence-electron chi connectivity index (χ0n) is 15.8. The molecule has 2 aromatic rings. The molecule has 1 aliphatic rings. The van der Waals surface area contributed by atoms with Crippen LogP contribution in [0.25, 0.3) is 0 Å². The van der Waals surface area contributed by atoms with E-state index in [4.69, 9.17) is 25.8 Å². The van der Waals surface area contributed by atoms with Gasteiger partial charge in [0.25, 0.3) is 5.91 Å². The van der Waals surface area contributed by atoms with Crippen molar-refractivity contribution in [3.05, 3.63) is 52.5 Å². The van der Waals surface area contributed by atoms with Gasteiger partial charge < -0.3 is 24.4 Å². The lowest BCUT2D eigenvalue weighted by Crippen LogP contribution is -2.52. The summed E-state index contributed by atoms with van der Waals surface area (Å²) >= 11 is 6.09. The third-order valence-corrected chi connectivity index (χ3v) is 4.78. The third kappa shape index (κ3) is 3.71. The van der Waals surface area contributed by atoms with Gasteiger partial charge in [-0.3, -0.25) is 9.59 Å². The van der Waals surface area contributed by atoms with Gasteiger partial charge in [-0.2, -0.15) is 0 Å². The fraction of sp³-hybridized carbons (Fsp3) is 0.300. The van der Waals surface area contributed by atoms with Gasteiger partial charge in [-0.25, -0.2) is 0 Å². The van der Waals surface area contributed by atoms with Gasteiger partial charge in [0, 0.05) is 23.7 Å². The van der Waals surface area contributed by atoms with Gasteiger partial charge in [0.2, 0.25) is 11.7 Å². The van der Waals surface area contributed by atoms with Crippen LogP contribution in [0.5, 0.6) is 17.2 Å². The highest BCUT2D eigenvalue weighted by atomic mass is 35.5. The number of piperazine rings is 1. The van der Waals surface area contributed by atoms with E-state index in [0.717, 1.165) is 0 Å². The summed E-state index contributed by atoms with van der Waals surface area (Å²) in [6.07, 6.45) is 0. The van der Waals surface area contributed by atoms with Crippen molar-refractivity contribution in [3.8, 4) is 17.2 Å². The largest absolute Gasteiger partial charge is 0.493 e. The minimum Gasteiger partial charge on any atom is -0.493 e. The van der Waals surface area contributed by atoms with Crippen LogP contribution in [0.2, 0.25) is 5.02 Å². The molecule has 1 unspecified atom stereocenters. The molecule has 148 valence electrons. The number of nitrogens with zero attached hydrogens (tertiary/aromatic N) is 1. The minimum absolute atomic E-state index is 0.255. The van der Waals surface area contributed by atoms with Crippen molar-refractivity contribution in [2.24, 2.45) is 0 Å².